The van der Waals surface area contributed by atoms with E-state index in [2.05, 4.69) is 5.32 Å². The fourth-order valence-corrected chi connectivity index (χ4v) is 2.79. The third kappa shape index (κ3) is 6.74. The Kier molecular flexibility index (Phi) is 8.87. The molecule has 1 N–H and O–H groups in total. The van der Waals surface area contributed by atoms with Crippen molar-refractivity contribution in [3.05, 3.63) is 54.1 Å². The molecule has 0 aromatic heterocycles. The van der Waals surface area contributed by atoms with Crippen molar-refractivity contribution in [2.75, 3.05) is 31.7 Å². The van der Waals surface area contributed by atoms with Crippen LogP contribution in [-0.4, -0.2) is 50.7 Å². The molecule has 0 radical (unpaired) electrons. The minimum atomic E-state index is -0.996. The highest BCUT2D eigenvalue weighted by Gasteiger charge is 2.22. The first kappa shape index (κ1) is 23.7. The van der Waals surface area contributed by atoms with E-state index in [-0.39, 0.29) is 12.5 Å². The van der Waals surface area contributed by atoms with Gasteiger partial charge >= 0.3 is 5.97 Å². The summed E-state index contributed by atoms with van der Waals surface area (Å²) in [4.78, 5) is 38.4. The molecule has 1 atom stereocenters. The summed E-state index contributed by atoms with van der Waals surface area (Å²) in [6.45, 7) is 5.68. The highest BCUT2D eigenvalue weighted by Crippen LogP contribution is 2.28. The number of para-hydroxylation sites is 1. The molecule has 0 saturated heterocycles. The summed E-state index contributed by atoms with van der Waals surface area (Å²) in [7, 11) is 1.60. The van der Waals surface area contributed by atoms with Crippen LogP contribution in [0, 0.1) is 0 Å². The van der Waals surface area contributed by atoms with Crippen LogP contribution >= 0.6 is 0 Å². The van der Waals surface area contributed by atoms with E-state index in [1.807, 2.05) is 32.0 Å². The number of benzene rings is 2. The maximum atomic E-state index is 12.5. The second kappa shape index (κ2) is 11.6. The summed E-state index contributed by atoms with van der Waals surface area (Å²) >= 11 is 0. The van der Waals surface area contributed by atoms with Gasteiger partial charge in [0.25, 0.3) is 11.8 Å². The Hall–Kier alpha value is -3.55. The molecule has 166 valence electrons. The molecule has 8 nitrogen and oxygen atoms in total. The summed E-state index contributed by atoms with van der Waals surface area (Å²) in [5, 5.41) is 2.49. The number of carbonyl (C=O) groups excluding carboxylic acids is 3. The van der Waals surface area contributed by atoms with E-state index in [9.17, 15) is 14.4 Å². The molecule has 0 spiro atoms. The Morgan fingerprint density at radius 3 is 2.26 bits per heavy atom. The van der Waals surface area contributed by atoms with Gasteiger partial charge in [-0.3, -0.25) is 14.4 Å². The Morgan fingerprint density at radius 2 is 1.61 bits per heavy atom. The standard InChI is InChI=1S/C23H28N2O6/c1-5-29-19-13-12-17(14-20(19)30-6-2)22(27)24-15-21(26)31-16(3)23(28)25(4)18-10-8-7-9-11-18/h7-14,16H,5-6,15H2,1-4H3,(H,24,27). The van der Waals surface area contributed by atoms with Gasteiger partial charge in [0.05, 0.1) is 13.2 Å². The lowest BCUT2D eigenvalue weighted by molar-refractivity contribution is -0.152. The van der Waals surface area contributed by atoms with Crippen LogP contribution in [0.5, 0.6) is 11.5 Å². The SMILES string of the molecule is CCOc1ccc(C(=O)NCC(=O)OC(C)C(=O)N(C)c2ccccc2)cc1OCC. The van der Waals surface area contributed by atoms with Crippen LogP contribution in [0.25, 0.3) is 0 Å². The monoisotopic (exact) mass is 428 g/mol. The zero-order valence-electron chi connectivity index (χ0n) is 18.2. The molecule has 2 aromatic carbocycles. The van der Waals surface area contributed by atoms with Crippen molar-refractivity contribution < 1.29 is 28.6 Å². The van der Waals surface area contributed by atoms with Crippen LogP contribution in [0.15, 0.2) is 48.5 Å². The van der Waals surface area contributed by atoms with Gasteiger partial charge in [-0.1, -0.05) is 18.2 Å². The maximum Gasteiger partial charge on any atom is 0.326 e. The normalized spacial score (nSPS) is 11.2. The molecule has 0 aliphatic carbocycles. The van der Waals surface area contributed by atoms with Crippen LogP contribution in [-0.2, 0) is 14.3 Å². The first-order valence-corrected chi connectivity index (χ1v) is 10.1. The molecule has 2 aromatic rings. The van der Waals surface area contributed by atoms with E-state index >= 15 is 0 Å². The number of nitrogens with zero attached hydrogens (tertiary/aromatic N) is 1. The van der Waals surface area contributed by atoms with Gasteiger partial charge in [0, 0.05) is 18.3 Å². The molecule has 0 bridgehead atoms. The molecule has 0 aliphatic heterocycles. The van der Waals surface area contributed by atoms with Crippen LogP contribution in [0.1, 0.15) is 31.1 Å². The van der Waals surface area contributed by atoms with Crippen molar-refractivity contribution >= 4 is 23.5 Å². The van der Waals surface area contributed by atoms with E-state index in [1.165, 1.54) is 11.8 Å². The number of carbonyl (C=O) groups is 3. The van der Waals surface area contributed by atoms with Crippen LogP contribution in [0.4, 0.5) is 5.69 Å². The Balaban J connectivity index is 1.91. The van der Waals surface area contributed by atoms with Gasteiger partial charge in [-0.2, -0.15) is 0 Å². The number of anilines is 1. The zero-order valence-corrected chi connectivity index (χ0v) is 18.2. The fraction of sp³-hybridized carbons (Fsp3) is 0.348. The highest BCUT2D eigenvalue weighted by molar-refractivity contribution is 5.98. The quantitative estimate of drug-likeness (QED) is 0.585. The molecule has 2 rings (SSSR count). The molecule has 0 aliphatic rings. The van der Waals surface area contributed by atoms with E-state index < -0.39 is 18.0 Å². The summed E-state index contributed by atoms with van der Waals surface area (Å²) < 4.78 is 16.1. The van der Waals surface area contributed by atoms with Crippen molar-refractivity contribution in [3.63, 3.8) is 0 Å². The number of amides is 2. The van der Waals surface area contributed by atoms with Crippen LogP contribution in [0.2, 0.25) is 0 Å². The predicted molar refractivity (Wildman–Crippen MR) is 117 cm³/mol. The summed E-state index contributed by atoms with van der Waals surface area (Å²) in [6, 6.07) is 13.8. The molecular formula is C23H28N2O6. The van der Waals surface area contributed by atoms with Crippen LogP contribution < -0.4 is 19.7 Å². The molecule has 8 heteroatoms. The van der Waals surface area contributed by atoms with Gasteiger partial charge in [0.1, 0.15) is 6.54 Å². The average molecular weight is 428 g/mol. The second-order valence-electron chi connectivity index (χ2n) is 6.58. The first-order valence-electron chi connectivity index (χ1n) is 10.1. The minimum Gasteiger partial charge on any atom is -0.490 e. The fourth-order valence-electron chi connectivity index (χ4n) is 2.79. The first-order chi connectivity index (χ1) is 14.9. The molecule has 1 unspecified atom stereocenters. The largest absolute Gasteiger partial charge is 0.490 e. The average Bonchev–Trinajstić information content (AvgIpc) is 2.78. The number of hydrogen-bond acceptors (Lipinski definition) is 6. The third-order valence-electron chi connectivity index (χ3n) is 4.33. The van der Waals surface area contributed by atoms with Gasteiger partial charge in [-0.25, -0.2) is 0 Å². The smallest absolute Gasteiger partial charge is 0.326 e. The Labute approximate surface area is 182 Å². The van der Waals surface area contributed by atoms with Crippen molar-refractivity contribution in [2.45, 2.75) is 26.9 Å². The van der Waals surface area contributed by atoms with E-state index in [4.69, 9.17) is 14.2 Å². The summed E-state index contributed by atoms with van der Waals surface area (Å²) in [5.41, 5.74) is 0.997. The summed E-state index contributed by atoms with van der Waals surface area (Å²) in [6.07, 6.45) is -0.996. The molecule has 0 heterocycles. The second-order valence-corrected chi connectivity index (χ2v) is 6.58. The highest BCUT2D eigenvalue weighted by atomic mass is 16.5. The van der Waals surface area contributed by atoms with Gasteiger partial charge in [-0.15, -0.1) is 0 Å². The van der Waals surface area contributed by atoms with Gasteiger partial charge in [-0.05, 0) is 51.1 Å². The Bertz CT molecular complexity index is 900. The number of ether oxygens (including phenoxy) is 3. The number of rotatable bonds is 10. The van der Waals surface area contributed by atoms with Gasteiger partial charge in [0.2, 0.25) is 0 Å². The number of nitrogens with one attached hydrogen (secondary N) is 1. The lowest BCUT2D eigenvalue weighted by Crippen LogP contribution is -2.39. The number of likely N-dealkylation sites (N-methyl/N-ethyl adjacent to an activating group) is 1. The van der Waals surface area contributed by atoms with Crippen molar-refractivity contribution in [1.29, 1.82) is 0 Å². The van der Waals surface area contributed by atoms with Crippen molar-refractivity contribution in [3.8, 4) is 11.5 Å². The number of esters is 1. The van der Waals surface area contributed by atoms with E-state index in [1.54, 1.807) is 37.4 Å². The zero-order chi connectivity index (χ0) is 22.8. The van der Waals surface area contributed by atoms with Gasteiger partial charge in [0.15, 0.2) is 17.6 Å². The van der Waals surface area contributed by atoms with Crippen molar-refractivity contribution in [1.82, 2.24) is 5.32 Å². The molecule has 2 amide bonds. The molecular weight excluding hydrogens is 400 g/mol. The maximum absolute atomic E-state index is 12.5. The molecule has 31 heavy (non-hydrogen) atoms. The predicted octanol–water partition coefficient (Wildman–Crippen LogP) is 2.81. The third-order valence-corrected chi connectivity index (χ3v) is 4.33. The lowest BCUT2D eigenvalue weighted by atomic mass is 10.2. The number of hydrogen-bond donors (Lipinski definition) is 1. The summed E-state index contributed by atoms with van der Waals surface area (Å²) in [5.74, 6) is -0.579. The Morgan fingerprint density at radius 1 is 0.968 bits per heavy atom. The minimum absolute atomic E-state index is 0.313. The molecule has 0 fully saturated rings. The van der Waals surface area contributed by atoms with Crippen molar-refractivity contribution in [2.24, 2.45) is 0 Å². The topological polar surface area (TPSA) is 94.2 Å². The molecule has 0 saturated carbocycles. The van der Waals surface area contributed by atoms with E-state index in [0.717, 1.165) is 0 Å². The lowest BCUT2D eigenvalue weighted by Gasteiger charge is -2.21. The van der Waals surface area contributed by atoms with Crippen LogP contribution in [0.3, 0.4) is 0 Å². The van der Waals surface area contributed by atoms with Gasteiger partial charge < -0.3 is 24.4 Å². The van der Waals surface area contributed by atoms with E-state index in [0.29, 0.717) is 36.0 Å².